The Bertz CT molecular complexity index is 1330. The molecule has 2 aromatic rings. The summed E-state index contributed by atoms with van der Waals surface area (Å²) in [4.78, 5) is 26.4. The van der Waals surface area contributed by atoms with E-state index in [0.717, 1.165) is 18.4 Å². The average molecular weight is 668 g/mol. The van der Waals surface area contributed by atoms with Gasteiger partial charge in [-0.25, -0.2) is 4.79 Å². The van der Waals surface area contributed by atoms with Gasteiger partial charge in [-0.1, -0.05) is 86.1 Å². The zero-order valence-corrected chi connectivity index (χ0v) is 31.0. The Kier molecular flexibility index (Phi) is 14.2. The van der Waals surface area contributed by atoms with Crippen LogP contribution in [0.15, 0.2) is 48.5 Å². The van der Waals surface area contributed by atoms with E-state index in [0.29, 0.717) is 29.5 Å². The van der Waals surface area contributed by atoms with Crippen LogP contribution in [0.2, 0.25) is 0 Å². The molecule has 0 heterocycles. The number of aliphatic hydroxyl groups excluding tert-OH is 1. The van der Waals surface area contributed by atoms with Gasteiger partial charge in [-0.3, -0.25) is 4.79 Å². The Balaban J connectivity index is 1.73. The van der Waals surface area contributed by atoms with Crippen LogP contribution in [0.4, 0.5) is 5.69 Å². The second-order valence-corrected chi connectivity index (χ2v) is 14.6. The summed E-state index contributed by atoms with van der Waals surface area (Å²) >= 11 is 0. The largest absolute Gasteiger partial charge is 0.459 e. The molecule has 0 saturated heterocycles. The summed E-state index contributed by atoms with van der Waals surface area (Å²) in [6.45, 7) is 18.4. The third kappa shape index (κ3) is 8.32. The number of methoxy groups -OCH3 is 2. The summed E-state index contributed by atoms with van der Waals surface area (Å²) in [5, 5.41) is 27.2. The highest BCUT2D eigenvalue weighted by molar-refractivity contribution is 6.08. The first-order chi connectivity index (χ1) is 22.7. The van der Waals surface area contributed by atoms with Crippen molar-refractivity contribution < 1.29 is 34.0 Å². The van der Waals surface area contributed by atoms with Gasteiger partial charge in [-0.2, -0.15) is 0 Å². The van der Waals surface area contributed by atoms with Gasteiger partial charge >= 0.3 is 5.97 Å². The van der Waals surface area contributed by atoms with Crippen molar-refractivity contribution in [2.24, 2.45) is 35.5 Å². The van der Waals surface area contributed by atoms with Crippen molar-refractivity contribution in [3.8, 4) is 0 Å². The summed E-state index contributed by atoms with van der Waals surface area (Å²) in [7, 11) is 3.32. The quantitative estimate of drug-likeness (QED) is 0.157. The zero-order valence-electron chi connectivity index (χ0n) is 31.0. The van der Waals surface area contributed by atoms with Gasteiger partial charge in [0.1, 0.15) is 11.7 Å². The van der Waals surface area contributed by atoms with Crippen molar-refractivity contribution in [2.45, 2.75) is 118 Å². The van der Waals surface area contributed by atoms with Crippen LogP contribution in [0.3, 0.4) is 0 Å². The lowest BCUT2D eigenvalue weighted by Crippen LogP contribution is -2.57. The molecule has 8 nitrogen and oxygen atoms in total. The molecule has 48 heavy (non-hydrogen) atoms. The van der Waals surface area contributed by atoms with Crippen molar-refractivity contribution in [1.29, 1.82) is 0 Å². The molecule has 0 aliphatic heterocycles. The summed E-state index contributed by atoms with van der Waals surface area (Å²) in [5.74, 6) is -0.835. The van der Waals surface area contributed by atoms with E-state index in [9.17, 15) is 19.8 Å². The molecule has 0 radical (unpaired) electrons. The Morgan fingerprint density at radius 2 is 1.52 bits per heavy atom. The molecule has 0 bridgehead atoms. The Hall–Kier alpha value is -2.78. The van der Waals surface area contributed by atoms with E-state index < -0.39 is 29.9 Å². The number of hydrogen-bond acceptors (Lipinski definition) is 7. The van der Waals surface area contributed by atoms with Gasteiger partial charge in [-0.15, -0.1) is 0 Å². The van der Waals surface area contributed by atoms with Gasteiger partial charge in [-0.05, 0) is 85.1 Å². The highest BCUT2D eigenvalue weighted by Gasteiger charge is 2.64. The van der Waals surface area contributed by atoms with Gasteiger partial charge in [0.25, 0.3) is 5.91 Å². The molecule has 0 spiro atoms. The normalized spacial score (nSPS) is 26.4. The van der Waals surface area contributed by atoms with Crippen molar-refractivity contribution >= 4 is 17.6 Å². The van der Waals surface area contributed by atoms with Crippen LogP contribution in [0.1, 0.15) is 114 Å². The molecule has 3 rings (SSSR count). The molecule has 2 aromatic carbocycles. The highest BCUT2D eigenvalue weighted by Crippen LogP contribution is 2.54. The fourth-order valence-electron chi connectivity index (χ4n) is 8.07. The third-order valence-electron chi connectivity index (χ3n) is 11.3. The average Bonchev–Trinajstić information content (AvgIpc) is 3.30. The van der Waals surface area contributed by atoms with Gasteiger partial charge in [0.15, 0.2) is 0 Å². The molecule has 268 valence electrons. The number of anilines is 1. The topological polar surface area (TPSA) is 114 Å². The molecule has 1 aliphatic carbocycles. The maximum Gasteiger partial charge on any atom is 0.340 e. The van der Waals surface area contributed by atoms with Crippen molar-refractivity contribution in [1.82, 2.24) is 0 Å². The fourth-order valence-corrected chi connectivity index (χ4v) is 8.07. The molecular weight excluding hydrogens is 606 g/mol. The molecule has 1 aliphatic rings. The fraction of sp³-hybridized carbons (Fsp3) is 0.650. The molecule has 0 aromatic heterocycles. The molecular formula is C40H61NO7. The van der Waals surface area contributed by atoms with Crippen molar-refractivity contribution in [3.05, 3.63) is 65.2 Å². The first-order valence-electron chi connectivity index (χ1n) is 17.8. The van der Waals surface area contributed by atoms with Crippen molar-refractivity contribution in [3.63, 3.8) is 0 Å². The Morgan fingerprint density at radius 1 is 0.896 bits per heavy atom. The first kappa shape index (κ1) is 39.7. The molecule has 8 heteroatoms. The van der Waals surface area contributed by atoms with Crippen LogP contribution in [0.25, 0.3) is 0 Å². The first-order valence-corrected chi connectivity index (χ1v) is 17.8. The van der Waals surface area contributed by atoms with Crippen LogP contribution in [-0.2, 0) is 14.2 Å². The number of nitrogens with one attached hydrogen (secondary N) is 1. The number of carbonyl (C=O) groups is 2. The highest BCUT2D eigenvalue weighted by atomic mass is 16.5. The van der Waals surface area contributed by atoms with E-state index in [1.54, 1.807) is 50.6 Å². The molecule has 1 fully saturated rings. The number of carbonyl (C=O) groups excluding carboxylic acids is 2. The van der Waals surface area contributed by atoms with Crippen LogP contribution in [0, 0.1) is 35.5 Å². The van der Waals surface area contributed by atoms with E-state index in [1.807, 2.05) is 39.8 Å². The number of esters is 1. The molecule has 3 unspecified atom stereocenters. The van der Waals surface area contributed by atoms with E-state index in [-0.39, 0.29) is 47.2 Å². The van der Waals surface area contributed by atoms with Crippen molar-refractivity contribution in [2.75, 3.05) is 19.5 Å². The number of amides is 1. The third-order valence-corrected chi connectivity index (χ3v) is 11.3. The second-order valence-electron chi connectivity index (χ2n) is 14.6. The molecule has 11 atom stereocenters. The number of benzene rings is 2. The summed E-state index contributed by atoms with van der Waals surface area (Å²) in [6, 6.07) is 14.3. The molecule has 1 amide bonds. The number of para-hydroxylation sites is 1. The molecule has 3 N–H and O–H groups in total. The predicted octanol–water partition coefficient (Wildman–Crippen LogP) is 7.73. The van der Waals surface area contributed by atoms with E-state index in [4.69, 9.17) is 14.2 Å². The number of ether oxygens (including phenoxy) is 3. The van der Waals surface area contributed by atoms with Gasteiger partial charge in [0, 0.05) is 25.7 Å². The minimum Gasteiger partial charge on any atom is -0.459 e. The SMILES string of the molecule is CC[C@@H](C)C1C(C)[C@@](O)([C@@H](O)[C@H](C)CC(C)[C@H](C)OC(=O)c2ccccc2NC(=O)c2ccc(C(C)C)cc2)[C@@H](OC)[C@H]1[C@@H](CC)OC. The predicted molar refractivity (Wildman–Crippen MR) is 191 cm³/mol. The lowest BCUT2D eigenvalue weighted by atomic mass is 9.72. The number of hydrogen-bond donors (Lipinski definition) is 3. The van der Waals surface area contributed by atoms with Crippen LogP contribution in [-0.4, -0.2) is 66.3 Å². The summed E-state index contributed by atoms with van der Waals surface area (Å²) in [6.07, 6.45) is -0.0381. The van der Waals surface area contributed by atoms with Crippen LogP contribution in [0.5, 0.6) is 0 Å². The minimum atomic E-state index is -1.48. The summed E-state index contributed by atoms with van der Waals surface area (Å²) < 4.78 is 17.9. The smallest absolute Gasteiger partial charge is 0.340 e. The maximum absolute atomic E-state index is 13.4. The van der Waals surface area contributed by atoms with Crippen LogP contribution >= 0.6 is 0 Å². The number of aliphatic hydroxyl groups is 2. The number of rotatable bonds is 16. The van der Waals surface area contributed by atoms with E-state index in [1.165, 1.54) is 0 Å². The second kappa shape index (κ2) is 17.2. The maximum atomic E-state index is 13.4. The Labute approximate surface area is 289 Å². The minimum absolute atomic E-state index is 0.0703. The lowest BCUT2D eigenvalue weighted by Gasteiger charge is -2.42. The van der Waals surface area contributed by atoms with Gasteiger partial charge < -0.3 is 29.7 Å². The standard InChI is InChI=1S/C40H61NO7/c1-12-24(5)34-27(8)40(45,37(47-11)35(34)33(13-2)46-10)36(42)26(7)22-25(6)28(9)48-39(44)31-16-14-15-17-32(31)41-38(43)30-20-18-29(19-21-30)23(3)4/h14-21,23-28,33-37,42,45H,12-13,22H2,1-11H3,(H,41,43)/t24-,25?,26-,27?,28+,33-,34?,35+,36+,37+,40-/m1/s1. The lowest BCUT2D eigenvalue weighted by molar-refractivity contribution is -0.188. The monoisotopic (exact) mass is 667 g/mol. The van der Waals surface area contributed by atoms with E-state index in [2.05, 4.69) is 39.9 Å². The van der Waals surface area contributed by atoms with E-state index >= 15 is 0 Å². The van der Waals surface area contributed by atoms with Gasteiger partial charge in [0.2, 0.25) is 0 Å². The zero-order chi connectivity index (χ0) is 35.9. The van der Waals surface area contributed by atoms with Crippen LogP contribution < -0.4 is 5.32 Å². The summed E-state index contributed by atoms with van der Waals surface area (Å²) in [5.41, 5.74) is 0.797. The van der Waals surface area contributed by atoms with Gasteiger partial charge in [0.05, 0.1) is 29.6 Å². The molecule has 1 saturated carbocycles. The Morgan fingerprint density at radius 3 is 2.06 bits per heavy atom.